The molecule has 0 saturated carbocycles. The van der Waals surface area contributed by atoms with Crippen LogP contribution in [-0.4, -0.2) is 47.3 Å². The van der Waals surface area contributed by atoms with Crippen molar-refractivity contribution in [3.63, 3.8) is 0 Å². The molecule has 4 aromatic rings. The van der Waals surface area contributed by atoms with Gasteiger partial charge >= 0.3 is 29.6 Å². The van der Waals surface area contributed by atoms with Crippen LogP contribution in [-0.2, 0) is 14.8 Å². The van der Waals surface area contributed by atoms with E-state index < -0.39 is 46.3 Å². The Hall–Kier alpha value is -3.62. The molecule has 3 aromatic carbocycles. The van der Waals surface area contributed by atoms with Gasteiger partial charge in [-0.1, -0.05) is 48.5 Å². The van der Waals surface area contributed by atoms with Crippen molar-refractivity contribution in [2.24, 2.45) is 5.14 Å². The van der Waals surface area contributed by atoms with Crippen LogP contribution in [0.3, 0.4) is 0 Å². The van der Waals surface area contributed by atoms with Crippen LogP contribution in [0.2, 0.25) is 0 Å². The quantitative estimate of drug-likeness (QED) is 0.162. The average Bonchev–Trinajstić information content (AvgIpc) is 3.32. The molecule has 1 aromatic heterocycles. The molecule has 0 unspecified atom stereocenters. The summed E-state index contributed by atoms with van der Waals surface area (Å²) >= 11 is 0. The largest absolute Gasteiger partial charge is 1.00 e. The first-order chi connectivity index (χ1) is 21.3. The van der Waals surface area contributed by atoms with Crippen molar-refractivity contribution in [3.05, 3.63) is 102 Å². The van der Waals surface area contributed by atoms with E-state index >= 15 is 0 Å². The topological polar surface area (TPSA) is 175 Å². The number of halogens is 1. The standard InChI is InChI=1S/C33H34FN3O7S.Na/c1-20(2)37-28(17-14-25(38)18-26(39)19-29(40)41)30(22-8-10-23(34)11-9-22)31(21-6-4-3-5-7-21)32(37)33(42)36-24-12-15-27(16-13-24)45(35,43)44;/h3-17,20,25-26,38-39H,18-19H2,1-2H3,(H,36,42)(H,40,41)(H2,35,43,44);/q;+1/p-1/b17-14+;/t25-,26-;/m1./s1. The van der Waals surface area contributed by atoms with Crippen molar-refractivity contribution >= 4 is 33.7 Å². The third-order valence-electron chi connectivity index (χ3n) is 7.00. The molecule has 0 aliphatic rings. The Labute approximate surface area is 288 Å². The van der Waals surface area contributed by atoms with E-state index in [1.165, 1.54) is 42.5 Å². The van der Waals surface area contributed by atoms with E-state index in [2.05, 4.69) is 5.32 Å². The van der Waals surface area contributed by atoms with E-state index in [1.54, 1.807) is 22.8 Å². The summed E-state index contributed by atoms with van der Waals surface area (Å²) in [6.45, 7) is 3.72. The number of aliphatic carboxylic acids is 1. The molecule has 0 aliphatic carbocycles. The summed E-state index contributed by atoms with van der Waals surface area (Å²) < 4.78 is 39.2. The molecule has 0 saturated heterocycles. The van der Waals surface area contributed by atoms with E-state index in [4.69, 9.17) is 5.14 Å². The van der Waals surface area contributed by atoms with Crippen LogP contribution in [0.25, 0.3) is 28.3 Å². The van der Waals surface area contributed by atoms with Crippen LogP contribution in [0.5, 0.6) is 0 Å². The van der Waals surface area contributed by atoms with Gasteiger partial charge in [-0.3, -0.25) is 4.79 Å². The first kappa shape index (κ1) is 36.8. The van der Waals surface area contributed by atoms with Crippen molar-refractivity contribution in [1.29, 1.82) is 0 Å². The minimum Gasteiger partial charge on any atom is -0.550 e. The summed E-state index contributed by atoms with van der Waals surface area (Å²) in [7, 11) is -3.94. The third kappa shape index (κ3) is 9.01. The summed E-state index contributed by atoms with van der Waals surface area (Å²) in [5.41, 5.74) is 3.35. The van der Waals surface area contributed by atoms with Gasteiger partial charge in [0, 0.05) is 47.4 Å². The number of aliphatic hydroxyl groups excluding tert-OH is 2. The first-order valence-electron chi connectivity index (χ1n) is 14.0. The monoisotopic (exact) mass is 657 g/mol. The van der Waals surface area contributed by atoms with Crippen molar-refractivity contribution in [3.8, 4) is 22.3 Å². The summed E-state index contributed by atoms with van der Waals surface area (Å²) in [6.07, 6.45) is -0.529. The number of benzene rings is 3. The van der Waals surface area contributed by atoms with Gasteiger partial charge in [-0.05, 0) is 67.4 Å². The van der Waals surface area contributed by atoms with Gasteiger partial charge in [-0.2, -0.15) is 0 Å². The predicted molar refractivity (Wildman–Crippen MR) is 167 cm³/mol. The van der Waals surface area contributed by atoms with Crippen LogP contribution in [0.15, 0.2) is 89.8 Å². The van der Waals surface area contributed by atoms with E-state index in [-0.39, 0.29) is 52.6 Å². The van der Waals surface area contributed by atoms with Crippen LogP contribution in [0.1, 0.15) is 48.9 Å². The molecule has 5 N–H and O–H groups in total. The maximum absolute atomic E-state index is 14.1. The maximum atomic E-state index is 14.1. The first-order valence-corrected chi connectivity index (χ1v) is 15.6. The van der Waals surface area contributed by atoms with Gasteiger partial charge in [0.15, 0.2) is 0 Å². The zero-order chi connectivity index (χ0) is 32.9. The number of hydrogen-bond donors (Lipinski definition) is 4. The molecule has 1 amide bonds. The molecule has 0 bridgehead atoms. The fraction of sp³-hybridized carbons (Fsp3) is 0.212. The van der Waals surface area contributed by atoms with Gasteiger partial charge in [0.05, 0.1) is 17.1 Å². The Balaban J connectivity index is 0.00000576. The van der Waals surface area contributed by atoms with Gasteiger partial charge in [-0.25, -0.2) is 17.9 Å². The number of sulfonamides is 1. The molecule has 1 heterocycles. The number of carboxylic acid groups (broad SMARTS) is 1. The molecule has 0 spiro atoms. The molecule has 46 heavy (non-hydrogen) atoms. The van der Waals surface area contributed by atoms with E-state index in [0.29, 0.717) is 33.6 Å². The molecule has 2 atom stereocenters. The summed E-state index contributed by atoms with van der Waals surface area (Å²) in [6, 6.07) is 19.9. The van der Waals surface area contributed by atoms with E-state index in [9.17, 15) is 37.7 Å². The second-order valence-electron chi connectivity index (χ2n) is 10.7. The van der Waals surface area contributed by atoms with E-state index in [0.717, 1.165) is 0 Å². The molecule has 0 aliphatic heterocycles. The van der Waals surface area contributed by atoms with Crippen LogP contribution in [0.4, 0.5) is 10.1 Å². The number of nitrogens with zero attached hydrogens (tertiary/aromatic N) is 1. The fourth-order valence-corrected chi connectivity index (χ4v) is 5.59. The van der Waals surface area contributed by atoms with Crippen molar-refractivity contribution in [1.82, 2.24) is 4.57 Å². The predicted octanol–water partition coefficient (Wildman–Crippen LogP) is 0.711. The number of primary sulfonamides is 1. The average molecular weight is 658 g/mol. The Morgan fingerprint density at radius 2 is 1.54 bits per heavy atom. The Morgan fingerprint density at radius 1 is 0.957 bits per heavy atom. The maximum Gasteiger partial charge on any atom is 1.00 e. The number of carbonyl (C=O) groups excluding carboxylic acids is 2. The number of rotatable bonds is 12. The Bertz CT molecular complexity index is 1810. The van der Waals surface area contributed by atoms with Gasteiger partial charge in [0.1, 0.15) is 11.5 Å². The van der Waals surface area contributed by atoms with Gasteiger partial charge in [0.25, 0.3) is 5.91 Å². The Kier molecular flexibility index (Phi) is 12.6. The molecular formula is C33H33FN3NaO7S. The summed E-state index contributed by atoms with van der Waals surface area (Å²) in [4.78, 5) is 24.9. The number of aromatic nitrogens is 1. The summed E-state index contributed by atoms with van der Waals surface area (Å²) in [5.74, 6) is -2.44. The second-order valence-corrected chi connectivity index (χ2v) is 12.3. The van der Waals surface area contributed by atoms with E-state index in [1.807, 2.05) is 44.2 Å². The molecule has 10 nitrogen and oxygen atoms in total. The number of nitrogens with two attached hydrogens (primary N) is 1. The Morgan fingerprint density at radius 3 is 2.09 bits per heavy atom. The molecule has 236 valence electrons. The number of carboxylic acids is 1. The molecular weight excluding hydrogens is 624 g/mol. The van der Waals surface area contributed by atoms with Gasteiger partial charge in [0.2, 0.25) is 10.0 Å². The van der Waals surface area contributed by atoms with Crippen molar-refractivity contribution < 1.29 is 67.3 Å². The molecule has 0 fully saturated rings. The second kappa shape index (κ2) is 15.8. The number of amides is 1. The van der Waals surface area contributed by atoms with Crippen LogP contribution >= 0.6 is 0 Å². The molecule has 4 rings (SSSR count). The SMILES string of the molecule is CC(C)n1c(/C=C/[C@@H](O)C[C@@H](O)CC(=O)[O-])c(-c2ccc(F)cc2)c(-c2ccccc2)c1C(=O)Nc1ccc(S(N)(=O)=O)cc1.[Na+]. The van der Waals surface area contributed by atoms with Crippen LogP contribution < -0.4 is 45.1 Å². The molecule has 13 heteroatoms. The van der Waals surface area contributed by atoms with Crippen LogP contribution in [0, 0.1) is 5.82 Å². The minimum atomic E-state index is -3.94. The third-order valence-corrected chi connectivity index (χ3v) is 7.93. The number of carbonyl (C=O) groups is 2. The zero-order valence-electron chi connectivity index (χ0n) is 25.6. The van der Waals surface area contributed by atoms with Gasteiger partial charge < -0.3 is 30.0 Å². The zero-order valence-corrected chi connectivity index (χ0v) is 28.4. The van der Waals surface area contributed by atoms with Gasteiger partial charge in [-0.15, -0.1) is 0 Å². The number of anilines is 1. The number of hydrogen-bond acceptors (Lipinski definition) is 7. The summed E-state index contributed by atoms with van der Waals surface area (Å²) in [5, 5.41) is 39.6. The minimum absolute atomic E-state index is 0. The fourth-order valence-electron chi connectivity index (χ4n) is 5.08. The van der Waals surface area contributed by atoms with Crippen molar-refractivity contribution in [2.75, 3.05) is 5.32 Å². The molecule has 0 radical (unpaired) electrons. The van der Waals surface area contributed by atoms with Crippen molar-refractivity contribution in [2.45, 2.75) is 49.8 Å². The number of nitrogens with one attached hydrogen (secondary N) is 1. The normalized spacial score (nSPS) is 12.9. The smallest absolute Gasteiger partial charge is 0.550 e. The number of aliphatic hydroxyl groups is 2.